The van der Waals surface area contributed by atoms with Crippen LogP contribution < -0.4 is 4.74 Å². The standard InChI is InChI=1S/C18H22ClF4NO3/c1-17(2,3)27-16(25)24-8-6-11(7-9-24)15(18(21,22)23)26-14-5-4-12(20)10-13(14)19/h4-5,10-11,15H,6-9H2,1-3H3/t15-/m0/s1. The first-order valence-electron chi connectivity index (χ1n) is 8.53. The summed E-state index contributed by atoms with van der Waals surface area (Å²) in [4.78, 5) is 13.4. The molecule has 1 atom stereocenters. The third kappa shape index (κ3) is 6.16. The maximum atomic E-state index is 13.5. The number of nitrogens with zero attached hydrogens (tertiary/aromatic N) is 1. The molecule has 0 spiro atoms. The van der Waals surface area contributed by atoms with Crippen LogP contribution in [-0.2, 0) is 4.74 Å². The average Bonchev–Trinajstić information content (AvgIpc) is 2.51. The number of alkyl halides is 3. The van der Waals surface area contributed by atoms with E-state index in [2.05, 4.69) is 0 Å². The molecule has 152 valence electrons. The van der Waals surface area contributed by atoms with E-state index < -0.39 is 35.7 Å². The van der Waals surface area contributed by atoms with Gasteiger partial charge in [-0.25, -0.2) is 9.18 Å². The lowest BCUT2D eigenvalue weighted by molar-refractivity contribution is -0.213. The first-order chi connectivity index (χ1) is 12.4. The lowest BCUT2D eigenvalue weighted by Crippen LogP contribution is -2.48. The van der Waals surface area contributed by atoms with Gasteiger partial charge >= 0.3 is 12.3 Å². The Morgan fingerprint density at radius 2 is 1.81 bits per heavy atom. The number of ether oxygens (including phenoxy) is 2. The van der Waals surface area contributed by atoms with Gasteiger partial charge < -0.3 is 14.4 Å². The quantitative estimate of drug-likeness (QED) is 0.622. The summed E-state index contributed by atoms with van der Waals surface area (Å²) in [5, 5.41) is -0.226. The summed E-state index contributed by atoms with van der Waals surface area (Å²) in [6.07, 6.45) is -7.07. The zero-order valence-electron chi connectivity index (χ0n) is 15.3. The van der Waals surface area contributed by atoms with E-state index in [1.807, 2.05) is 0 Å². The Morgan fingerprint density at radius 3 is 2.30 bits per heavy atom. The van der Waals surface area contributed by atoms with Crippen molar-refractivity contribution in [2.75, 3.05) is 13.1 Å². The first kappa shape index (κ1) is 21.6. The minimum absolute atomic E-state index is 0.0994. The second-order valence-electron chi connectivity index (χ2n) is 7.46. The van der Waals surface area contributed by atoms with Crippen molar-refractivity contribution in [3.05, 3.63) is 29.0 Å². The number of benzene rings is 1. The molecule has 1 fully saturated rings. The molecule has 1 aliphatic heterocycles. The molecular weight excluding hydrogens is 390 g/mol. The fourth-order valence-corrected chi connectivity index (χ4v) is 3.06. The predicted octanol–water partition coefficient (Wildman–Crippen LogP) is 5.44. The van der Waals surface area contributed by atoms with Gasteiger partial charge in [0, 0.05) is 19.0 Å². The van der Waals surface area contributed by atoms with Gasteiger partial charge in [-0.15, -0.1) is 0 Å². The molecule has 2 rings (SSSR count). The number of carbonyl (C=O) groups excluding carboxylic acids is 1. The highest BCUT2D eigenvalue weighted by Crippen LogP contribution is 2.37. The lowest BCUT2D eigenvalue weighted by Gasteiger charge is -2.37. The largest absolute Gasteiger partial charge is 0.479 e. The highest BCUT2D eigenvalue weighted by atomic mass is 35.5. The van der Waals surface area contributed by atoms with E-state index >= 15 is 0 Å². The smallest absolute Gasteiger partial charge is 0.425 e. The summed E-state index contributed by atoms with van der Waals surface area (Å²) in [6, 6.07) is 2.96. The SMILES string of the molecule is CC(C)(C)OC(=O)N1CCC([C@H](Oc2ccc(F)cc2Cl)C(F)(F)F)CC1. The Balaban J connectivity index is 2.06. The van der Waals surface area contributed by atoms with Crippen LogP contribution in [0.25, 0.3) is 0 Å². The van der Waals surface area contributed by atoms with Crippen molar-refractivity contribution < 1.29 is 31.8 Å². The summed E-state index contributed by atoms with van der Waals surface area (Å²) >= 11 is 5.79. The van der Waals surface area contributed by atoms with Gasteiger partial charge in [0.15, 0.2) is 6.10 Å². The second-order valence-corrected chi connectivity index (χ2v) is 7.87. The summed E-state index contributed by atoms with van der Waals surface area (Å²) in [5.74, 6) is -1.75. The minimum Gasteiger partial charge on any atom is -0.479 e. The van der Waals surface area contributed by atoms with E-state index in [4.69, 9.17) is 21.1 Å². The number of likely N-dealkylation sites (tertiary alicyclic amines) is 1. The Bertz CT molecular complexity index is 668. The molecule has 1 aliphatic rings. The molecule has 0 bridgehead atoms. The van der Waals surface area contributed by atoms with Gasteiger partial charge in [-0.3, -0.25) is 0 Å². The van der Waals surface area contributed by atoms with Crippen molar-refractivity contribution in [1.82, 2.24) is 4.90 Å². The summed E-state index contributed by atoms with van der Waals surface area (Å²) in [6.45, 7) is 5.42. The van der Waals surface area contributed by atoms with Gasteiger partial charge in [0.25, 0.3) is 0 Å². The van der Waals surface area contributed by atoms with E-state index in [0.29, 0.717) is 0 Å². The van der Waals surface area contributed by atoms with Gasteiger partial charge in [-0.2, -0.15) is 13.2 Å². The first-order valence-corrected chi connectivity index (χ1v) is 8.91. The van der Waals surface area contributed by atoms with Crippen molar-refractivity contribution in [2.45, 2.75) is 51.5 Å². The highest BCUT2D eigenvalue weighted by molar-refractivity contribution is 6.32. The molecule has 1 amide bonds. The van der Waals surface area contributed by atoms with E-state index in [1.165, 1.54) is 4.90 Å². The molecule has 1 aromatic carbocycles. The van der Waals surface area contributed by atoms with Crippen LogP contribution in [0.15, 0.2) is 18.2 Å². The summed E-state index contributed by atoms with van der Waals surface area (Å²) in [7, 11) is 0. The molecule has 9 heteroatoms. The maximum absolute atomic E-state index is 13.5. The zero-order valence-corrected chi connectivity index (χ0v) is 16.0. The third-order valence-electron chi connectivity index (χ3n) is 4.09. The summed E-state index contributed by atoms with van der Waals surface area (Å²) < 4.78 is 64.1. The number of piperidine rings is 1. The van der Waals surface area contributed by atoms with Crippen molar-refractivity contribution in [3.8, 4) is 5.75 Å². The Kier molecular flexibility index (Phi) is 6.50. The molecule has 1 heterocycles. The van der Waals surface area contributed by atoms with Crippen LogP contribution in [0.2, 0.25) is 5.02 Å². The van der Waals surface area contributed by atoms with Crippen LogP contribution in [0.3, 0.4) is 0 Å². The van der Waals surface area contributed by atoms with Crippen molar-refractivity contribution in [1.29, 1.82) is 0 Å². The molecule has 0 aliphatic carbocycles. The Hall–Kier alpha value is -1.70. The summed E-state index contributed by atoms with van der Waals surface area (Å²) in [5.41, 5.74) is -0.676. The van der Waals surface area contributed by atoms with Gasteiger partial charge in [-0.05, 0) is 51.8 Å². The van der Waals surface area contributed by atoms with Gasteiger partial charge in [0.05, 0.1) is 5.02 Å². The Morgan fingerprint density at radius 1 is 1.22 bits per heavy atom. The molecule has 0 radical (unpaired) electrons. The van der Waals surface area contributed by atoms with Gasteiger partial charge in [-0.1, -0.05) is 11.6 Å². The topological polar surface area (TPSA) is 38.8 Å². The monoisotopic (exact) mass is 411 g/mol. The highest BCUT2D eigenvalue weighted by Gasteiger charge is 2.48. The van der Waals surface area contributed by atoms with Gasteiger partial charge in [0.1, 0.15) is 17.2 Å². The number of amides is 1. The maximum Gasteiger partial charge on any atom is 0.425 e. The number of carbonyl (C=O) groups is 1. The van der Waals surface area contributed by atoms with Crippen LogP contribution in [0.5, 0.6) is 5.75 Å². The van der Waals surface area contributed by atoms with Crippen LogP contribution in [-0.4, -0.2) is 42.0 Å². The number of hydrogen-bond donors (Lipinski definition) is 0. The zero-order chi connectivity index (χ0) is 20.4. The molecule has 4 nitrogen and oxygen atoms in total. The molecular formula is C18H22ClF4NO3. The molecule has 27 heavy (non-hydrogen) atoms. The average molecular weight is 412 g/mol. The van der Waals surface area contributed by atoms with Gasteiger partial charge in [0.2, 0.25) is 0 Å². The molecule has 1 aromatic rings. The molecule has 0 aromatic heterocycles. The fraction of sp³-hybridized carbons (Fsp3) is 0.611. The van der Waals surface area contributed by atoms with E-state index in [-0.39, 0.29) is 36.7 Å². The normalized spacial score (nSPS) is 17.6. The van der Waals surface area contributed by atoms with Crippen molar-refractivity contribution in [2.24, 2.45) is 5.92 Å². The molecule has 0 unspecified atom stereocenters. The predicted molar refractivity (Wildman–Crippen MR) is 92.4 cm³/mol. The fourth-order valence-electron chi connectivity index (χ4n) is 2.85. The molecule has 1 saturated heterocycles. The minimum atomic E-state index is -4.63. The Labute approximate surface area is 160 Å². The van der Waals surface area contributed by atoms with E-state index in [1.54, 1.807) is 20.8 Å². The van der Waals surface area contributed by atoms with Crippen LogP contribution >= 0.6 is 11.6 Å². The van der Waals surface area contributed by atoms with E-state index in [0.717, 1.165) is 18.2 Å². The van der Waals surface area contributed by atoms with Crippen molar-refractivity contribution in [3.63, 3.8) is 0 Å². The van der Waals surface area contributed by atoms with Crippen LogP contribution in [0.1, 0.15) is 33.6 Å². The van der Waals surface area contributed by atoms with Crippen molar-refractivity contribution >= 4 is 17.7 Å². The van der Waals surface area contributed by atoms with E-state index in [9.17, 15) is 22.4 Å². The molecule has 0 N–H and O–H groups in total. The molecule has 0 saturated carbocycles. The second kappa shape index (κ2) is 8.12. The lowest BCUT2D eigenvalue weighted by atomic mass is 9.90. The number of rotatable bonds is 3. The van der Waals surface area contributed by atoms with Crippen LogP contribution in [0, 0.1) is 11.7 Å². The number of halogens is 5. The third-order valence-corrected chi connectivity index (χ3v) is 4.39. The van der Waals surface area contributed by atoms with Crippen LogP contribution in [0.4, 0.5) is 22.4 Å². The number of hydrogen-bond acceptors (Lipinski definition) is 3.